The van der Waals surface area contributed by atoms with E-state index in [0.29, 0.717) is 18.1 Å². The van der Waals surface area contributed by atoms with E-state index in [-0.39, 0.29) is 11.9 Å². The molecule has 0 radical (unpaired) electrons. The number of aromatic nitrogens is 2. The maximum absolute atomic E-state index is 12.1. The highest BCUT2D eigenvalue weighted by Crippen LogP contribution is 2.12. The average Bonchev–Trinajstić information content (AvgIpc) is 2.54. The Morgan fingerprint density at radius 2 is 1.95 bits per heavy atom. The monoisotopic (exact) mass is 282 g/mol. The fraction of sp³-hybridized carbons (Fsp3) is 0.188. The third kappa shape index (κ3) is 4.14. The Kier molecular flexibility index (Phi) is 5.04. The molecule has 2 aromatic rings. The van der Waals surface area contributed by atoms with Gasteiger partial charge in [-0.05, 0) is 12.5 Å². The maximum Gasteiger partial charge on any atom is 0.254 e. The zero-order valence-electron chi connectivity index (χ0n) is 11.9. The van der Waals surface area contributed by atoms with Gasteiger partial charge in [-0.25, -0.2) is 9.97 Å². The molecule has 0 aliphatic carbocycles. The smallest absolute Gasteiger partial charge is 0.254 e. The molecule has 0 aliphatic heterocycles. The number of benzene rings is 1. The van der Waals surface area contributed by atoms with Crippen molar-refractivity contribution in [1.29, 1.82) is 0 Å². The SMILES string of the molecule is C=CCNc1ncc(C(=O)NC(C)c2ccccc2)cn1. The molecule has 2 N–H and O–H groups in total. The third-order valence-electron chi connectivity index (χ3n) is 2.97. The summed E-state index contributed by atoms with van der Waals surface area (Å²) in [5.41, 5.74) is 1.48. The lowest BCUT2D eigenvalue weighted by Gasteiger charge is -2.14. The van der Waals surface area contributed by atoms with Crippen LogP contribution in [0.2, 0.25) is 0 Å². The van der Waals surface area contributed by atoms with Gasteiger partial charge in [0.2, 0.25) is 5.95 Å². The van der Waals surface area contributed by atoms with Crippen LogP contribution in [-0.4, -0.2) is 22.4 Å². The van der Waals surface area contributed by atoms with Crippen molar-refractivity contribution in [3.8, 4) is 0 Å². The van der Waals surface area contributed by atoms with Gasteiger partial charge < -0.3 is 10.6 Å². The first kappa shape index (κ1) is 14.7. The summed E-state index contributed by atoms with van der Waals surface area (Å²) in [4.78, 5) is 20.3. The van der Waals surface area contributed by atoms with Crippen LogP contribution in [0.1, 0.15) is 28.9 Å². The summed E-state index contributed by atoms with van der Waals surface area (Å²) in [6.07, 6.45) is 4.72. The lowest BCUT2D eigenvalue weighted by Crippen LogP contribution is -2.26. The number of hydrogen-bond acceptors (Lipinski definition) is 4. The predicted molar refractivity (Wildman–Crippen MR) is 83.0 cm³/mol. The fourth-order valence-electron chi connectivity index (χ4n) is 1.81. The number of anilines is 1. The molecule has 5 heteroatoms. The molecule has 0 bridgehead atoms. The summed E-state index contributed by atoms with van der Waals surface area (Å²) in [6.45, 7) is 6.12. The molecular weight excluding hydrogens is 264 g/mol. The van der Waals surface area contributed by atoms with Crippen LogP contribution < -0.4 is 10.6 Å². The van der Waals surface area contributed by atoms with Crippen LogP contribution in [-0.2, 0) is 0 Å². The van der Waals surface area contributed by atoms with Crippen molar-refractivity contribution in [2.24, 2.45) is 0 Å². The molecule has 1 heterocycles. The molecule has 1 amide bonds. The van der Waals surface area contributed by atoms with E-state index in [4.69, 9.17) is 0 Å². The maximum atomic E-state index is 12.1. The Morgan fingerprint density at radius 3 is 2.57 bits per heavy atom. The molecule has 2 rings (SSSR count). The van der Waals surface area contributed by atoms with Crippen LogP contribution in [0.25, 0.3) is 0 Å². The Hall–Kier alpha value is -2.69. The molecular formula is C16H18N4O. The van der Waals surface area contributed by atoms with Crippen LogP contribution in [0.4, 0.5) is 5.95 Å². The van der Waals surface area contributed by atoms with Crippen LogP contribution in [0.3, 0.4) is 0 Å². The van der Waals surface area contributed by atoms with E-state index in [9.17, 15) is 4.79 Å². The van der Waals surface area contributed by atoms with Crippen molar-refractivity contribution in [2.45, 2.75) is 13.0 Å². The van der Waals surface area contributed by atoms with Gasteiger partial charge in [-0.15, -0.1) is 6.58 Å². The van der Waals surface area contributed by atoms with Crippen molar-refractivity contribution >= 4 is 11.9 Å². The van der Waals surface area contributed by atoms with Crippen LogP contribution in [0, 0.1) is 0 Å². The highest BCUT2D eigenvalue weighted by molar-refractivity contribution is 5.93. The topological polar surface area (TPSA) is 66.9 Å². The summed E-state index contributed by atoms with van der Waals surface area (Å²) >= 11 is 0. The molecule has 5 nitrogen and oxygen atoms in total. The number of nitrogens with one attached hydrogen (secondary N) is 2. The molecule has 1 atom stereocenters. The van der Waals surface area contributed by atoms with Gasteiger partial charge >= 0.3 is 0 Å². The van der Waals surface area contributed by atoms with Crippen LogP contribution in [0.15, 0.2) is 55.4 Å². The third-order valence-corrected chi connectivity index (χ3v) is 2.97. The van der Waals surface area contributed by atoms with Gasteiger partial charge in [0.1, 0.15) is 0 Å². The van der Waals surface area contributed by atoms with E-state index in [1.165, 1.54) is 12.4 Å². The summed E-state index contributed by atoms with van der Waals surface area (Å²) in [5.74, 6) is 0.282. The van der Waals surface area contributed by atoms with Crippen molar-refractivity contribution in [1.82, 2.24) is 15.3 Å². The first-order valence-electron chi connectivity index (χ1n) is 6.73. The van der Waals surface area contributed by atoms with E-state index in [2.05, 4.69) is 27.2 Å². The minimum atomic E-state index is -0.193. The average molecular weight is 282 g/mol. The molecule has 1 aromatic heterocycles. The fourth-order valence-corrected chi connectivity index (χ4v) is 1.81. The van der Waals surface area contributed by atoms with Crippen molar-refractivity contribution in [2.75, 3.05) is 11.9 Å². The van der Waals surface area contributed by atoms with E-state index in [1.807, 2.05) is 37.3 Å². The second kappa shape index (κ2) is 7.19. The number of carbonyl (C=O) groups excluding carboxylic acids is 1. The first-order chi connectivity index (χ1) is 10.2. The Balaban J connectivity index is 1.98. The lowest BCUT2D eigenvalue weighted by molar-refractivity contribution is 0.0939. The summed E-state index contributed by atoms with van der Waals surface area (Å²) in [7, 11) is 0. The Bertz CT molecular complexity index is 595. The van der Waals surface area contributed by atoms with Crippen molar-refractivity contribution in [3.05, 3.63) is 66.5 Å². The number of amides is 1. The van der Waals surface area contributed by atoms with Gasteiger partial charge in [0.25, 0.3) is 5.91 Å². The number of carbonyl (C=O) groups is 1. The highest BCUT2D eigenvalue weighted by atomic mass is 16.1. The normalized spacial score (nSPS) is 11.5. The molecule has 1 unspecified atom stereocenters. The highest BCUT2D eigenvalue weighted by Gasteiger charge is 2.11. The minimum absolute atomic E-state index is 0.0720. The van der Waals surface area contributed by atoms with E-state index in [0.717, 1.165) is 5.56 Å². The van der Waals surface area contributed by atoms with E-state index in [1.54, 1.807) is 6.08 Å². The largest absolute Gasteiger partial charge is 0.351 e. The summed E-state index contributed by atoms with van der Waals surface area (Å²) in [5, 5.41) is 5.87. The van der Waals surface area contributed by atoms with Gasteiger partial charge in [0, 0.05) is 18.9 Å². The minimum Gasteiger partial charge on any atom is -0.351 e. The van der Waals surface area contributed by atoms with Gasteiger partial charge in [0.15, 0.2) is 0 Å². The van der Waals surface area contributed by atoms with E-state index < -0.39 is 0 Å². The van der Waals surface area contributed by atoms with Crippen molar-refractivity contribution < 1.29 is 4.79 Å². The standard InChI is InChI=1S/C16H18N4O/c1-3-9-17-16-18-10-14(11-19-16)15(21)20-12(2)13-7-5-4-6-8-13/h3-8,10-12H,1,9H2,2H3,(H,20,21)(H,17,18,19). The van der Waals surface area contributed by atoms with Crippen LogP contribution >= 0.6 is 0 Å². The molecule has 1 aromatic carbocycles. The quantitative estimate of drug-likeness (QED) is 0.799. The molecule has 0 saturated heterocycles. The Labute approximate surface area is 124 Å². The number of hydrogen-bond donors (Lipinski definition) is 2. The van der Waals surface area contributed by atoms with E-state index >= 15 is 0 Å². The Morgan fingerprint density at radius 1 is 1.29 bits per heavy atom. The molecule has 108 valence electrons. The predicted octanol–water partition coefficient (Wildman–Crippen LogP) is 2.57. The summed E-state index contributed by atoms with van der Waals surface area (Å²) in [6, 6.07) is 9.72. The van der Waals surface area contributed by atoms with Gasteiger partial charge in [0.05, 0.1) is 11.6 Å². The van der Waals surface area contributed by atoms with Crippen molar-refractivity contribution in [3.63, 3.8) is 0 Å². The van der Waals surface area contributed by atoms with Gasteiger partial charge in [-0.2, -0.15) is 0 Å². The number of rotatable bonds is 6. The van der Waals surface area contributed by atoms with Gasteiger partial charge in [-0.1, -0.05) is 36.4 Å². The second-order valence-electron chi connectivity index (χ2n) is 4.57. The number of nitrogens with zero attached hydrogens (tertiary/aromatic N) is 2. The zero-order chi connectivity index (χ0) is 15.1. The summed E-state index contributed by atoms with van der Waals surface area (Å²) < 4.78 is 0. The van der Waals surface area contributed by atoms with Gasteiger partial charge in [-0.3, -0.25) is 4.79 Å². The zero-order valence-corrected chi connectivity index (χ0v) is 11.9. The first-order valence-corrected chi connectivity index (χ1v) is 6.73. The second-order valence-corrected chi connectivity index (χ2v) is 4.57. The molecule has 0 fully saturated rings. The molecule has 0 saturated carbocycles. The molecule has 0 aliphatic rings. The lowest BCUT2D eigenvalue weighted by atomic mass is 10.1. The molecule has 0 spiro atoms. The van der Waals surface area contributed by atoms with Crippen LogP contribution in [0.5, 0.6) is 0 Å². The molecule has 21 heavy (non-hydrogen) atoms.